The van der Waals surface area contributed by atoms with Crippen LogP contribution in [0.25, 0.3) is 10.9 Å². The summed E-state index contributed by atoms with van der Waals surface area (Å²) in [5.74, 6) is 1.36. The Kier molecular flexibility index (Phi) is 5.57. The Morgan fingerprint density at radius 2 is 1.89 bits per heavy atom. The molecule has 36 heavy (non-hydrogen) atoms. The highest BCUT2D eigenvalue weighted by molar-refractivity contribution is 5.87. The van der Waals surface area contributed by atoms with Crippen LogP contribution in [0, 0.1) is 0 Å². The Labute approximate surface area is 209 Å². The van der Waals surface area contributed by atoms with E-state index in [4.69, 9.17) is 19.3 Å². The smallest absolute Gasteiger partial charge is 0.335 e. The molecular weight excluding hydrogens is 456 g/mol. The first-order chi connectivity index (χ1) is 17.5. The average Bonchev–Trinajstić information content (AvgIpc) is 3.26. The third-order valence-corrected chi connectivity index (χ3v) is 7.45. The minimum atomic E-state index is -0.936. The molecule has 4 aromatic rings. The van der Waals surface area contributed by atoms with Crippen LogP contribution in [0.3, 0.4) is 0 Å². The molecule has 0 fully saturated rings. The lowest BCUT2D eigenvalue weighted by Crippen LogP contribution is -2.39. The van der Waals surface area contributed by atoms with Gasteiger partial charge in [0.1, 0.15) is 12.4 Å². The van der Waals surface area contributed by atoms with Crippen molar-refractivity contribution in [3.8, 4) is 17.2 Å². The predicted octanol–water partition coefficient (Wildman–Crippen LogP) is 5.12. The summed E-state index contributed by atoms with van der Waals surface area (Å²) < 4.78 is 17.4. The summed E-state index contributed by atoms with van der Waals surface area (Å²) in [6.07, 6.45) is 1.87. The van der Waals surface area contributed by atoms with Gasteiger partial charge in [0.15, 0.2) is 11.5 Å². The van der Waals surface area contributed by atoms with Gasteiger partial charge in [-0.2, -0.15) is 0 Å². The molecule has 2 N–H and O–H groups in total. The van der Waals surface area contributed by atoms with Crippen LogP contribution in [0.1, 0.15) is 44.3 Å². The zero-order valence-electron chi connectivity index (χ0n) is 20.3. The molecule has 0 spiro atoms. The lowest BCUT2D eigenvalue weighted by molar-refractivity contribution is 0.0697. The number of H-pyrrole nitrogens is 1. The van der Waals surface area contributed by atoms with Crippen LogP contribution in [0.15, 0.2) is 54.6 Å². The van der Waals surface area contributed by atoms with Gasteiger partial charge >= 0.3 is 5.97 Å². The number of fused-ring (bicyclic) bond motifs is 6. The quantitative estimate of drug-likeness (QED) is 0.395. The van der Waals surface area contributed by atoms with Crippen LogP contribution in [-0.2, 0) is 26.0 Å². The van der Waals surface area contributed by atoms with Gasteiger partial charge in [-0.05, 0) is 77.6 Å². The Bertz CT molecular complexity index is 1460. The van der Waals surface area contributed by atoms with Crippen molar-refractivity contribution in [2.24, 2.45) is 0 Å². The van der Waals surface area contributed by atoms with Gasteiger partial charge in [0.05, 0.1) is 19.8 Å². The molecule has 0 bridgehead atoms. The molecule has 2 aliphatic heterocycles. The van der Waals surface area contributed by atoms with E-state index in [1.807, 2.05) is 6.07 Å². The van der Waals surface area contributed by atoms with Crippen molar-refractivity contribution in [3.05, 3.63) is 88.1 Å². The topological polar surface area (TPSA) is 84.0 Å². The maximum absolute atomic E-state index is 11.1. The monoisotopic (exact) mass is 484 g/mol. The number of ether oxygens (including phenoxy) is 3. The molecule has 0 aliphatic carbocycles. The fraction of sp³-hybridized carbons (Fsp3) is 0.276. The lowest BCUT2D eigenvalue weighted by Gasteiger charge is -2.40. The molecule has 7 heteroatoms. The molecule has 7 nitrogen and oxygen atoms in total. The Hall–Kier alpha value is -3.97. The number of aromatic nitrogens is 1. The number of carbonyl (C=O) groups is 1. The summed E-state index contributed by atoms with van der Waals surface area (Å²) in [7, 11) is 3.37. The minimum absolute atomic E-state index is 0.263. The second kappa shape index (κ2) is 8.91. The maximum Gasteiger partial charge on any atom is 0.335 e. The average molecular weight is 485 g/mol. The van der Waals surface area contributed by atoms with Gasteiger partial charge in [-0.3, -0.25) is 4.90 Å². The standard InChI is InChI=1S/C29H28N2O5/c1-34-20-7-8-24-22(12-20)23-13-26-21-14-27(35-2)28(11-19(21)9-10-31(26)15-25(23)30-24)36-16-17-3-5-18(6-4-17)29(32)33/h3-8,11-12,14,26,30H,9-10,13,15-16H2,1-2H3,(H,32,33). The summed E-state index contributed by atoms with van der Waals surface area (Å²) in [6.45, 7) is 2.21. The van der Waals surface area contributed by atoms with Crippen molar-refractivity contribution < 1.29 is 24.1 Å². The van der Waals surface area contributed by atoms with Crippen molar-refractivity contribution in [2.45, 2.75) is 32.0 Å². The van der Waals surface area contributed by atoms with Gasteiger partial charge in [-0.15, -0.1) is 0 Å². The number of aromatic carboxylic acids is 1. The van der Waals surface area contributed by atoms with Gasteiger partial charge in [0.25, 0.3) is 0 Å². The molecule has 3 heterocycles. The van der Waals surface area contributed by atoms with Crippen molar-refractivity contribution in [2.75, 3.05) is 20.8 Å². The number of benzene rings is 3. The van der Waals surface area contributed by atoms with E-state index in [0.29, 0.717) is 18.1 Å². The molecule has 184 valence electrons. The Morgan fingerprint density at radius 3 is 2.64 bits per heavy atom. The number of hydrogen-bond donors (Lipinski definition) is 2. The van der Waals surface area contributed by atoms with Gasteiger partial charge in [-0.25, -0.2) is 4.79 Å². The molecule has 0 radical (unpaired) electrons. The summed E-state index contributed by atoms with van der Waals surface area (Å²) in [5.41, 5.74) is 7.55. The number of aromatic amines is 1. The second-order valence-electron chi connectivity index (χ2n) is 9.43. The Balaban J connectivity index is 1.28. The summed E-state index contributed by atoms with van der Waals surface area (Å²) >= 11 is 0. The van der Waals surface area contributed by atoms with Crippen molar-refractivity contribution in [1.82, 2.24) is 9.88 Å². The zero-order chi connectivity index (χ0) is 24.8. The molecule has 1 aromatic heterocycles. The molecular formula is C29H28N2O5. The fourth-order valence-corrected chi connectivity index (χ4v) is 5.54. The van der Waals surface area contributed by atoms with Gasteiger partial charge in [-0.1, -0.05) is 12.1 Å². The first kappa shape index (κ1) is 22.5. The summed E-state index contributed by atoms with van der Waals surface area (Å²) in [6, 6.07) is 17.5. The highest BCUT2D eigenvalue weighted by Gasteiger charge is 2.34. The van der Waals surface area contributed by atoms with Gasteiger partial charge in [0.2, 0.25) is 0 Å². The second-order valence-corrected chi connectivity index (χ2v) is 9.43. The van der Waals surface area contributed by atoms with E-state index in [1.54, 1.807) is 38.5 Å². The van der Waals surface area contributed by atoms with Crippen LogP contribution >= 0.6 is 0 Å². The van der Waals surface area contributed by atoms with E-state index in [9.17, 15) is 4.79 Å². The van der Waals surface area contributed by atoms with Crippen LogP contribution in [0.5, 0.6) is 17.2 Å². The van der Waals surface area contributed by atoms with Crippen molar-refractivity contribution >= 4 is 16.9 Å². The van der Waals surface area contributed by atoms with Crippen LogP contribution < -0.4 is 14.2 Å². The van der Waals surface area contributed by atoms with E-state index in [2.05, 4.69) is 34.1 Å². The summed E-state index contributed by atoms with van der Waals surface area (Å²) in [5, 5.41) is 10.3. The normalized spacial score (nSPS) is 16.7. The molecule has 3 aromatic carbocycles. The van der Waals surface area contributed by atoms with E-state index < -0.39 is 5.97 Å². The SMILES string of the molecule is COc1ccc2[nH]c3c(c2c1)CC1c2cc(OC)c(OCc4ccc(C(=O)O)cc4)cc2CCN1C3. The molecule has 2 aliphatic rings. The number of rotatable bonds is 6. The molecule has 0 saturated heterocycles. The highest BCUT2D eigenvalue weighted by atomic mass is 16.5. The zero-order valence-corrected chi connectivity index (χ0v) is 20.3. The molecule has 6 rings (SSSR count). The molecule has 0 amide bonds. The number of hydrogen-bond acceptors (Lipinski definition) is 5. The van der Waals surface area contributed by atoms with E-state index in [0.717, 1.165) is 42.8 Å². The van der Waals surface area contributed by atoms with Gasteiger partial charge < -0.3 is 24.3 Å². The molecule has 1 atom stereocenters. The largest absolute Gasteiger partial charge is 0.497 e. The highest BCUT2D eigenvalue weighted by Crippen LogP contribution is 2.44. The number of carboxylic acids is 1. The first-order valence-corrected chi connectivity index (χ1v) is 12.1. The van der Waals surface area contributed by atoms with E-state index in [1.165, 1.54) is 27.8 Å². The van der Waals surface area contributed by atoms with Gasteiger partial charge in [0, 0.05) is 35.7 Å². The lowest BCUT2D eigenvalue weighted by atomic mass is 9.85. The van der Waals surface area contributed by atoms with Crippen molar-refractivity contribution in [1.29, 1.82) is 0 Å². The third-order valence-electron chi connectivity index (χ3n) is 7.45. The number of nitrogens with zero attached hydrogens (tertiary/aromatic N) is 1. The van der Waals surface area contributed by atoms with Crippen LogP contribution in [0.4, 0.5) is 0 Å². The van der Waals surface area contributed by atoms with E-state index in [-0.39, 0.29) is 11.6 Å². The predicted molar refractivity (Wildman–Crippen MR) is 136 cm³/mol. The minimum Gasteiger partial charge on any atom is -0.497 e. The first-order valence-electron chi connectivity index (χ1n) is 12.1. The Morgan fingerprint density at radius 1 is 1.06 bits per heavy atom. The summed E-state index contributed by atoms with van der Waals surface area (Å²) in [4.78, 5) is 17.3. The molecule has 1 unspecified atom stereocenters. The number of carboxylic acid groups (broad SMARTS) is 1. The maximum atomic E-state index is 11.1. The fourth-order valence-electron chi connectivity index (χ4n) is 5.54. The molecule has 0 saturated carbocycles. The third kappa shape index (κ3) is 3.85. The number of methoxy groups -OCH3 is 2. The van der Waals surface area contributed by atoms with E-state index >= 15 is 0 Å². The van der Waals surface area contributed by atoms with Crippen LogP contribution in [-0.4, -0.2) is 41.7 Å². The number of nitrogens with one attached hydrogen (secondary N) is 1. The van der Waals surface area contributed by atoms with Crippen LogP contribution in [0.2, 0.25) is 0 Å². The van der Waals surface area contributed by atoms with Crippen molar-refractivity contribution in [3.63, 3.8) is 0 Å².